The number of hydrogen-bond acceptors (Lipinski definition) is 1. The van der Waals surface area contributed by atoms with Gasteiger partial charge in [-0.25, -0.2) is 0 Å². The zero-order valence-electron chi connectivity index (χ0n) is 11.3. The molecule has 0 heterocycles. The van der Waals surface area contributed by atoms with Gasteiger partial charge < -0.3 is 4.74 Å². The molecule has 0 radical (unpaired) electrons. The second-order valence-corrected chi connectivity index (χ2v) is 4.76. The Labute approximate surface area is 116 Å². The molecule has 0 unspecified atom stereocenters. The third kappa shape index (κ3) is 3.53. The highest BCUT2D eigenvalue weighted by atomic mass is 19.4. The van der Waals surface area contributed by atoms with Crippen LogP contribution >= 0.6 is 0 Å². The lowest BCUT2D eigenvalue weighted by Gasteiger charge is -2.11. The number of aryl methyl sites for hydroxylation is 2. The van der Waals surface area contributed by atoms with Crippen molar-refractivity contribution in [2.45, 2.75) is 26.6 Å². The van der Waals surface area contributed by atoms with Crippen LogP contribution in [0.1, 0.15) is 22.3 Å². The Balaban J connectivity index is 2.11. The van der Waals surface area contributed by atoms with Crippen LogP contribution in [-0.4, -0.2) is 0 Å². The molecule has 0 fully saturated rings. The summed E-state index contributed by atoms with van der Waals surface area (Å²) < 4.78 is 43.4. The largest absolute Gasteiger partial charge is 0.489 e. The molecule has 2 aromatic carbocycles. The standard InChI is InChI=1S/C16H15F3O/c1-11-6-7-15(12(2)8-11)20-10-13-4-3-5-14(9-13)16(17,18)19/h3-9H,10H2,1-2H3. The smallest absolute Gasteiger partial charge is 0.416 e. The van der Waals surface area contributed by atoms with E-state index in [1.54, 1.807) is 6.07 Å². The minimum absolute atomic E-state index is 0.119. The van der Waals surface area contributed by atoms with Crippen LogP contribution in [-0.2, 0) is 12.8 Å². The molecule has 0 spiro atoms. The number of halogens is 3. The summed E-state index contributed by atoms with van der Waals surface area (Å²) in [6.07, 6.45) is -4.32. The van der Waals surface area contributed by atoms with Crippen LogP contribution in [0.2, 0.25) is 0 Å². The molecule has 106 valence electrons. The third-order valence-electron chi connectivity index (χ3n) is 2.98. The average molecular weight is 280 g/mol. The molecule has 2 rings (SSSR count). The fourth-order valence-corrected chi connectivity index (χ4v) is 1.96. The van der Waals surface area contributed by atoms with Gasteiger partial charge in [-0.2, -0.15) is 13.2 Å². The van der Waals surface area contributed by atoms with E-state index in [0.717, 1.165) is 23.3 Å². The summed E-state index contributed by atoms with van der Waals surface area (Å²) in [7, 11) is 0. The van der Waals surface area contributed by atoms with Crippen LogP contribution < -0.4 is 4.74 Å². The SMILES string of the molecule is Cc1ccc(OCc2cccc(C(F)(F)F)c2)c(C)c1. The summed E-state index contributed by atoms with van der Waals surface area (Å²) in [6, 6.07) is 10.9. The van der Waals surface area contributed by atoms with Crippen molar-refractivity contribution >= 4 is 0 Å². The zero-order chi connectivity index (χ0) is 14.8. The maximum atomic E-state index is 12.6. The molecule has 0 aromatic heterocycles. The Morgan fingerprint density at radius 1 is 1.00 bits per heavy atom. The lowest BCUT2D eigenvalue weighted by molar-refractivity contribution is -0.137. The average Bonchev–Trinajstić information content (AvgIpc) is 2.37. The van der Waals surface area contributed by atoms with Crippen molar-refractivity contribution in [2.75, 3.05) is 0 Å². The highest BCUT2D eigenvalue weighted by molar-refractivity contribution is 5.36. The predicted molar refractivity (Wildman–Crippen MR) is 71.7 cm³/mol. The van der Waals surface area contributed by atoms with Gasteiger partial charge in [-0.3, -0.25) is 0 Å². The van der Waals surface area contributed by atoms with Crippen LogP contribution in [0.15, 0.2) is 42.5 Å². The van der Waals surface area contributed by atoms with E-state index in [4.69, 9.17) is 4.74 Å². The van der Waals surface area contributed by atoms with Gasteiger partial charge in [0.1, 0.15) is 12.4 Å². The molecule has 0 saturated heterocycles. The first-order chi connectivity index (χ1) is 9.36. The Bertz CT molecular complexity index is 603. The van der Waals surface area contributed by atoms with E-state index in [1.165, 1.54) is 6.07 Å². The second kappa shape index (κ2) is 5.57. The van der Waals surface area contributed by atoms with Gasteiger partial charge in [-0.1, -0.05) is 29.8 Å². The van der Waals surface area contributed by atoms with Crippen molar-refractivity contribution < 1.29 is 17.9 Å². The van der Waals surface area contributed by atoms with Gasteiger partial charge in [-0.05, 0) is 43.2 Å². The summed E-state index contributed by atoms with van der Waals surface area (Å²) in [5, 5.41) is 0. The summed E-state index contributed by atoms with van der Waals surface area (Å²) >= 11 is 0. The third-order valence-corrected chi connectivity index (χ3v) is 2.98. The topological polar surface area (TPSA) is 9.23 Å². The summed E-state index contributed by atoms with van der Waals surface area (Å²) in [6.45, 7) is 4.01. The van der Waals surface area contributed by atoms with Gasteiger partial charge in [0.25, 0.3) is 0 Å². The fourth-order valence-electron chi connectivity index (χ4n) is 1.96. The first-order valence-electron chi connectivity index (χ1n) is 6.22. The molecule has 4 heteroatoms. The molecule has 0 aliphatic heterocycles. The normalized spacial score (nSPS) is 11.4. The van der Waals surface area contributed by atoms with Crippen LogP contribution in [0.5, 0.6) is 5.75 Å². The quantitative estimate of drug-likeness (QED) is 0.777. The maximum Gasteiger partial charge on any atom is 0.416 e. The molecular weight excluding hydrogens is 265 g/mol. The van der Waals surface area contributed by atoms with Crippen LogP contribution in [0, 0.1) is 13.8 Å². The number of rotatable bonds is 3. The molecule has 0 bridgehead atoms. The number of hydrogen-bond donors (Lipinski definition) is 0. The predicted octanol–water partition coefficient (Wildman–Crippen LogP) is 4.90. The van der Waals surface area contributed by atoms with Gasteiger partial charge in [0, 0.05) is 0 Å². The molecule has 2 aromatic rings. The van der Waals surface area contributed by atoms with Crippen LogP contribution in [0.25, 0.3) is 0 Å². The van der Waals surface area contributed by atoms with E-state index in [2.05, 4.69) is 0 Å². The first-order valence-corrected chi connectivity index (χ1v) is 6.22. The summed E-state index contributed by atoms with van der Waals surface area (Å²) in [5.41, 5.74) is 1.94. The fraction of sp³-hybridized carbons (Fsp3) is 0.250. The Morgan fingerprint density at radius 2 is 1.75 bits per heavy atom. The molecule has 0 saturated carbocycles. The highest BCUT2D eigenvalue weighted by Gasteiger charge is 2.30. The summed E-state index contributed by atoms with van der Waals surface area (Å²) in [4.78, 5) is 0. The van der Waals surface area contributed by atoms with E-state index in [0.29, 0.717) is 11.3 Å². The Hall–Kier alpha value is -1.97. The van der Waals surface area contributed by atoms with Crippen molar-refractivity contribution in [3.05, 3.63) is 64.7 Å². The highest BCUT2D eigenvalue weighted by Crippen LogP contribution is 2.30. The maximum absolute atomic E-state index is 12.6. The van der Waals surface area contributed by atoms with Crippen molar-refractivity contribution in [1.82, 2.24) is 0 Å². The van der Waals surface area contributed by atoms with E-state index in [1.807, 2.05) is 32.0 Å². The van der Waals surface area contributed by atoms with Gasteiger partial charge in [-0.15, -0.1) is 0 Å². The number of alkyl halides is 3. The molecule has 20 heavy (non-hydrogen) atoms. The number of benzene rings is 2. The van der Waals surface area contributed by atoms with Crippen molar-refractivity contribution in [2.24, 2.45) is 0 Å². The van der Waals surface area contributed by atoms with Crippen molar-refractivity contribution in [1.29, 1.82) is 0 Å². The second-order valence-electron chi connectivity index (χ2n) is 4.76. The van der Waals surface area contributed by atoms with E-state index in [9.17, 15) is 13.2 Å². The van der Waals surface area contributed by atoms with E-state index < -0.39 is 11.7 Å². The van der Waals surface area contributed by atoms with Crippen molar-refractivity contribution in [3.8, 4) is 5.75 Å². The Morgan fingerprint density at radius 3 is 2.40 bits per heavy atom. The Kier molecular flexibility index (Phi) is 4.02. The van der Waals surface area contributed by atoms with Gasteiger partial charge >= 0.3 is 6.18 Å². The molecule has 0 aliphatic rings. The van der Waals surface area contributed by atoms with Gasteiger partial charge in [0.05, 0.1) is 5.56 Å². The first kappa shape index (κ1) is 14.4. The van der Waals surface area contributed by atoms with Crippen LogP contribution in [0.4, 0.5) is 13.2 Å². The van der Waals surface area contributed by atoms with E-state index >= 15 is 0 Å². The molecular formula is C16H15F3O. The monoisotopic (exact) mass is 280 g/mol. The van der Waals surface area contributed by atoms with Gasteiger partial charge in [0.15, 0.2) is 0 Å². The lowest BCUT2D eigenvalue weighted by Crippen LogP contribution is -2.06. The molecule has 1 nitrogen and oxygen atoms in total. The minimum Gasteiger partial charge on any atom is -0.489 e. The molecule has 0 amide bonds. The molecule has 0 aliphatic carbocycles. The minimum atomic E-state index is -4.32. The van der Waals surface area contributed by atoms with Gasteiger partial charge in [0.2, 0.25) is 0 Å². The molecule has 0 atom stereocenters. The lowest BCUT2D eigenvalue weighted by atomic mass is 10.1. The van der Waals surface area contributed by atoms with Crippen LogP contribution in [0.3, 0.4) is 0 Å². The summed E-state index contributed by atoms with van der Waals surface area (Å²) in [5.74, 6) is 0.688. The number of ether oxygens (including phenoxy) is 1. The molecule has 0 N–H and O–H groups in total. The zero-order valence-corrected chi connectivity index (χ0v) is 11.3. The van der Waals surface area contributed by atoms with Crippen molar-refractivity contribution in [3.63, 3.8) is 0 Å². The van der Waals surface area contributed by atoms with E-state index in [-0.39, 0.29) is 6.61 Å².